The molecule has 1 atom stereocenters. The van der Waals surface area contributed by atoms with Crippen LogP contribution in [0.5, 0.6) is 0 Å². The molecule has 114 valence electrons. The Morgan fingerprint density at radius 3 is 2.50 bits per heavy atom. The van der Waals surface area contributed by atoms with Gasteiger partial charge >= 0.3 is 0 Å². The van der Waals surface area contributed by atoms with Crippen LogP contribution in [0, 0.1) is 12.7 Å². The number of aryl methyl sites for hydroxylation is 1. The van der Waals surface area contributed by atoms with Gasteiger partial charge in [-0.15, -0.1) is 0 Å². The Hall–Kier alpha value is -2.42. The summed E-state index contributed by atoms with van der Waals surface area (Å²) in [4.78, 5) is 12.2. The molecule has 3 heteroatoms. The highest BCUT2D eigenvalue weighted by Gasteiger charge is 2.29. The van der Waals surface area contributed by atoms with Crippen LogP contribution >= 0.6 is 0 Å². The van der Waals surface area contributed by atoms with Gasteiger partial charge in [0.25, 0.3) is 0 Å². The molecule has 2 rings (SSSR count). The third-order valence-electron chi connectivity index (χ3n) is 3.75. The van der Waals surface area contributed by atoms with Crippen LogP contribution in [0.1, 0.15) is 25.0 Å². The quantitative estimate of drug-likeness (QED) is 0.764. The van der Waals surface area contributed by atoms with Gasteiger partial charge in [0.05, 0.1) is 5.57 Å². The molecule has 0 bridgehead atoms. The van der Waals surface area contributed by atoms with Crippen molar-refractivity contribution < 1.29 is 13.9 Å². The number of ether oxygens (including phenoxy) is 1. The van der Waals surface area contributed by atoms with E-state index < -0.39 is 0 Å². The smallest absolute Gasteiger partial charge is 0.164 e. The molecule has 1 aliphatic rings. The largest absolute Gasteiger partial charge is 0.485 e. The van der Waals surface area contributed by atoms with Crippen molar-refractivity contribution in [1.29, 1.82) is 0 Å². The van der Waals surface area contributed by atoms with Crippen LogP contribution in [0.3, 0.4) is 0 Å². The summed E-state index contributed by atoms with van der Waals surface area (Å²) in [7, 11) is 0. The first-order valence-electron chi connectivity index (χ1n) is 7.08. The number of Topliss-reactive ketones (excluding diaryl/α,β-unsaturated/α-hetero) is 1. The van der Waals surface area contributed by atoms with Crippen molar-refractivity contribution in [1.82, 2.24) is 0 Å². The van der Waals surface area contributed by atoms with Gasteiger partial charge in [0.2, 0.25) is 0 Å². The third-order valence-corrected chi connectivity index (χ3v) is 3.75. The SMILES string of the molecule is C=CC1=C(C=C)C(C)O/C1=C(/C(C)=O)c1ccc(F)cc1C. The highest BCUT2D eigenvalue weighted by Crippen LogP contribution is 2.37. The summed E-state index contributed by atoms with van der Waals surface area (Å²) in [6.45, 7) is 12.7. The molecule has 1 aromatic rings. The standard InChI is InChI=1S/C19H19FO2/c1-6-15-13(5)22-19(16(15)7-2)18(12(4)21)17-9-8-14(20)10-11(17)3/h6-10,13H,1-2H2,3-5H3/b19-18-. The minimum absolute atomic E-state index is 0.137. The van der Waals surface area contributed by atoms with Gasteiger partial charge in [-0.2, -0.15) is 0 Å². The first-order chi connectivity index (χ1) is 10.4. The van der Waals surface area contributed by atoms with E-state index in [2.05, 4.69) is 13.2 Å². The van der Waals surface area contributed by atoms with E-state index in [4.69, 9.17) is 4.74 Å². The van der Waals surface area contributed by atoms with Crippen molar-refractivity contribution in [2.45, 2.75) is 26.9 Å². The molecule has 1 aromatic carbocycles. The molecule has 0 aromatic heterocycles. The molecule has 0 radical (unpaired) electrons. The lowest BCUT2D eigenvalue weighted by atomic mass is 9.93. The second-order valence-corrected chi connectivity index (χ2v) is 5.26. The number of halogens is 1. The molecule has 0 spiro atoms. The Kier molecular flexibility index (Phi) is 4.45. The minimum Gasteiger partial charge on any atom is -0.485 e. The zero-order valence-electron chi connectivity index (χ0n) is 13.1. The van der Waals surface area contributed by atoms with Gasteiger partial charge in [0, 0.05) is 11.1 Å². The van der Waals surface area contributed by atoms with E-state index in [-0.39, 0.29) is 17.7 Å². The fourth-order valence-electron chi connectivity index (χ4n) is 2.71. The Balaban J connectivity index is 2.76. The van der Waals surface area contributed by atoms with Crippen molar-refractivity contribution in [3.05, 3.63) is 77.4 Å². The van der Waals surface area contributed by atoms with Gasteiger partial charge in [0.15, 0.2) is 5.78 Å². The average Bonchev–Trinajstić information content (AvgIpc) is 2.76. The average molecular weight is 298 g/mol. The van der Waals surface area contributed by atoms with Gasteiger partial charge in [-0.1, -0.05) is 31.4 Å². The summed E-state index contributed by atoms with van der Waals surface area (Å²) in [5, 5.41) is 0. The maximum absolute atomic E-state index is 13.3. The molecule has 0 amide bonds. The Labute approximate surface area is 130 Å². The van der Waals surface area contributed by atoms with E-state index in [1.165, 1.54) is 19.1 Å². The van der Waals surface area contributed by atoms with Crippen molar-refractivity contribution in [2.75, 3.05) is 0 Å². The van der Waals surface area contributed by atoms with Crippen LogP contribution < -0.4 is 0 Å². The number of carbonyl (C=O) groups is 1. The molecule has 0 fully saturated rings. The number of hydrogen-bond donors (Lipinski definition) is 0. The summed E-state index contributed by atoms with van der Waals surface area (Å²) >= 11 is 0. The van der Waals surface area contributed by atoms with E-state index in [1.807, 2.05) is 6.92 Å². The summed E-state index contributed by atoms with van der Waals surface area (Å²) in [5.74, 6) is 0.0160. The third kappa shape index (κ3) is 2.67. The van der Waals surface area contributed by atoms with Crippen LogP contribution in [0.25, 0.3) is 5.57 Å². The summed E-state index contributed by atoms with van der Waals surface area (Å²) in [6.07, 6.45) is 3.18. The van der Waals surface area contributed by atoms with Crippen molar-refractivity contribution in [3.63, 3.8) is 0 Å². The minimum atomic E-state index is -0.332. The second-order valence-electron chi connectivity index (χ2n) is 5.26. The van der Waals surface area contributed by atoms with E-state index in [1.54, 1.807) is 25.1 Å². The molecular weight excluding hydrogens is 279 g/mol. The molecule has 1 unspecified atom stereocenters. The molecule has 0 saturated carbocycles. The Bertz CT molecular complexity index is 723. The molecule has 22 heavy (non-hydrogen) atoms. The zero-order chi connectivity index (χ0) is 16.4. The number of benzene rings is 1. The number of hydrogen-bond acceptors (Lipinski definition) is 2. The lowest BCUT2D eigenvalue weighted by Gasteiger charge is -2.14. The first kappa shape index (κ1) is 16.0. The number of ketones is 1. The number of carbonyl (C=O) groups excluding carboxylic acids is 1. The Morgan fingerprint density at radius 1 is 1.32 bits per heavy atom. The van der Waals surface area contributed by atoms with Crippen molar-refractivity contribution in [2.24, 2.45) is 0 Å². The van der Waals surface area contributed by atoms with Crippen LogP contribution in [-0.4, -0.2) is 11.9 Å². The lowest BCUT2D eigenvalue weighted by molar-refractivity contribution is -0.111. The monoisotopic (exact) mass is 298 g/mol. The predicted octanol–water partition coefficient (Wildman–Crippen LogP) is 4.52. The van der Waals surface area contributed by atoms with Gasteiger partial charge < -0.3 is 4.74 Å². The van der Waals surface area contributed by atoms with E-state index in [0.29, 0.717) is 22.5 Å². The number of allylic oxidation sites excluding steroid dienone is 2. The topological polar surface area (TPSA) is 26.3 Å². The van der Waals surface area contributed by atoms with E-state index in [9.17, 15) is 9.18 Å². The lowest BCUT2D eigenvalue weighted by Crippen LogP contribution is -2.06. The molecule has 2 nitrogen and oxygen atoms in total. The van der Waals surface area contributed by atoms with Gasteiger partial charge in [0.1, 0.15) is 17.7 Å². The molecule has 0 N–H and O–H groups in total. The van der Waals surface area contributed by atoms with Crippen LogP contribution in [0.15, 0.2) is 60.4 Å². The predicted molar refractivity (Wildman–Crippen MR) is 86.7 cm³/mol. The fraction of sp³-hybridized carbons (Fsp3) is 0.211. The van der Waals surface area contributed by atoms with E-state index >= 15 is 0 Å². The maximum atomic E-state index is 13.3. The number of rotatable bonds is 4. The second kappa shape index (κ2) is 6.14. The van der Waals surface area contributed by atoms with Gasteiger partial charge in [-0.05, 0) is 44.0 Å². The normalized spacial score (nSPS) is 19.7. The maximum Gasteiger partial charge on any atom is 0.164 e. The molecule has 1 aliphatic heterocycles. The van der Waals surface area contributed by atoms with Gasteiger partial charge in [-0.3, -0.25) is 4.79 Å². The molecule has 0 aliphatic carbocycles. The molecular formula is C19H19FO2. The summed E-state index contributed by atoms with van der Waals surface area (Å²) < 4.78 is 19.2. The molecule has 1 heterocycles. The highest BCUT2D eigenvalue weighted by molar-refractivity contribution is 6.21. The summed E-state index contributed by atoms with van der Waals surface area (Å²) in [5.41, 5.74) is 3.45. The highest BCUT2D eigenvalue weighted by atomic mass is 19.1. The van der Waals surface area contributed by atoms with E-state index in [0.717, 1.165) is 11.1 Å². The zero-order valence-corrected chi connectivity index (χ0v) is 13.1. The Morgan fingerprint density at radius 2 is 2.00 bits per heavy atom. The first-order valence-corrected chi connectivity index (χ1v) is 7.08. The van der Waals surface area contributed by atoms with Crippen LogP contribution in [0.4, 0.5) is 4.39 Å². The fourth-order valence-corrected chi connectivity index (χ4v) is 2.71. The van der Waals surface area contributed by atoms with Crippen molar-refractivity contribution in [3.8, 4) is 0 Å². The summed E-state index contributed by atoms with van der Waals surface area (Å²) in [6, 6.07) is 4.36. The molecule has 0 saturated heterocycles. The van der Waals surface area contributed by atoms with Gasteiger partial charge in [-0.25, -0.2) is 4.39 Å². The van der Waals surface area contributed by atoms with Crippen LogP contribution in [0.2, 0.25) is 0 Å². The van der Waals surface area contributed by atoms with Crippen LogP contribution in [-0.2, 0) is 9.53 Å². The van der Waals surface area contributed by atoms with Crippen molar-refractivity contribution >= 4 is 11.4 Å².